The normalized spacial score (nSPS) is 10.3. The average molecular weight is 421 g/mol. The molecule has 0 saturated carbocycles. The Morgan fingerprint density at radius 2 is 1.90 bits per heavy atom. The lowest BCUT2D eigenvalue weighted by molar-refractivity contribution is -0.121. The van der Waals surface area contributed by atoms with Crippen LogP contribution in [0.2, 0.25) is 0 Å². The van der Waals surface area contributed by atoms with E-state index in [9.17, 15) is 9.59 Å². The molecular formula is C22H19N3O4S. The minimum absolute atomic E-state index is 0.135. The van der Waals surface area contributed by atoms with Crippen molar-refractivity contribution in [3.05, 3.63) is 77.7 Å². The number of hydrogen-bond acceptors (Lipinski definition) is 7. The molecule has 8 heteroatoms. The zero-order chi connectivity index (χ0) is 21.3. The number of para-hydroxylation sites is 1. The molecule has 3 rings (SSSR count). The summed E-state index contributed by atoms with van der Waals surface area (Å²) in [5.74, 6) is 0.128. The van der Waals surface area contributed by atoms with E-state index in [2.05, 4.69) is 5.16 Å². The van der Waals surface area contributed by atoms with Gasteiger partial charge in [0.25, 0.3) is 5.91 Å². The van der Waals surface area contributed by atoms with Gasteiger partial charge < -0.3 is 9.26 Å². The molecule has 0 spiro atoms. The molecule has 0 aliphatic heterocycles. The number of benzene rings is 2. The number of esters is 1. The summed E-state index contributed by atoms with van der Waals surface area (Å²) in [5.41, 5.74) is 1.72. The summed E-state index contributed by atoms with van der Waals surface area (Å²) >= 11 is 1.41. The molecular weight excluding hydrogens is 402 g/mol. The number of aryl methyl sites for hydroxylation is 1. The molecule has 0 aliphatic carbocycles. The van der Waals surface area contributed by atoms with E-state index in [0.29, 0.717) is 27.7 Å². The van der Waals surface area contributed by atoms with Gasteiger partial charge in [-0.15, -0.1) is 11.8 Å². The summed E-state index contributed by atoms with van der Waals surface area (Å²) in [5, 5.41) is 12.9. The van der Waals surface area contributed by atoms with E-state index in [1.165, 1.54) is 16.7 Å². The maximum atomic E-state index is 12.6. The maximum Gasteiger partial charge on any atom is 0.339 e. The maximum absolute atomic E-state index is 12.6. The molecule has 3 aromatic rings. The Morgan fingerprint density at radius 1 is 1.17 bits per heavy atom. The fourth-order valence-electron chi connectivity index (χ4n) is 2.68. The van der Waals surface area contributed by atoms with Gasteiger partial charge in [-0.3, -0.25) is 9.69 Å². The van der Waals surface area contributed by atoms with Gasteiger partial charge >= 0.3 is 5.97 Å². The first-order valence-electron chi connectivity index (χ1n) is 9.12. The molecule has 0 bridgehead atoms. The molecule has 7 nitrogen and oxygen atoms in total. The lowest BCUT2D eigenvalue weighted by Crippen LogP contribution is -2.35. The van der Waals surface area contributed by atoms with Crippen LogP contribution in [0.3, 0.4) is 0 Å². The van der Waals surface area contributed by atoms with Gasteiger partial charge in [-0.05, 0) is 31.2 Å². The van der Waals surface area contributed by atoms with Crippen LogP contribution in [0.5, 0.6) is 0 Å². The van der Waals surface area contributed by atoms with E-state index in [0.717, 1.165) is 5.69 Å². The number of rotatable bonds is 8. The highest BCUT2D eigenvalue weighted by atomic mass is 32.2. The Balaban J connectivity index is 1.64. The molecule has 0 unspecified atom stereocenters. The summed E-state index contributed by atoms with van der Waals surface area (Å²) in [6.45, 7) is 1.24. The van der Waals surface area contributed by atoms with Crippen LogP contribution < -0.4 is 4.90 Å². The predicted octanol–water partition coefficient (Wildman–Crippen LogP) is 3.99. The highest BCUT2D eigenvalue weighted by Crippen LogP contribution is 2.27. The van der Waals surface area contributed by atoms with Gasteiger partial charge in [-0.25, -0.2) is 4.79 Å². The lowest BCUT2D eigenvalue weighted by Gasteiger charge is -2.19. The van der Waals surface area contributed by atoms with Crippen LogP contribution in [0.15, 0.2) is 70.1 Å². The Kier molecular flexibility index (Phi) is 7.24. The third-order valence-corrected chi connectivity index (χ3v) is 5.17. The number of ether oxygens (including phenoxy) is 1. The molecule has 1 aromatic heterocycles. The molecule has 2 aromatic carbocycles. The number of aromatic nitrogens is 1. The van der Waals surface area contributed by atoms with Crippen molar-refractivity contribution in [1.82, 2.24) is 5.16 Å². The summed E-state index contributed by atoms with van der Waals surface area (Å²) in [6, 6.07) is 19.6. The van der Waals surface area contributed by atoms with Crippen LogP contribution in [0.4, 0.5) is 5.69 Å². The van der Waals surface area contributed by atoms with E-state index in [1.807, 2.05) is 31.2 Å². The van der Waals surface area contributed by atoms with Gasteiger partial charge in [-0.2, -0.15) is 5.26 Å². The minimum Gasteiger partial charge on any atom is -0.452 e. The van der Waals surface area contributed by atoms with Crippen molar-refractivity contribution in [2.75, 3.05) is 18.1 Å². The van der Waals surface area contributed by atoms with Crippen molar-refractivity contribution in [3.63, 3.8) is 0 Å². The number of thioether (sulfide) groups is 1. The van der Waals surface area contributed by atoms with Gasteiger partial charge in [0.15, 0.2) is 6.61 Å². The fourth-order valence-corrected chi connectivity index (χ4v) is 3.59. The highest BCUT2D eigenvalue weighted by molar-refractivity contribution is 7.98. The van der Waals surface area contributed by atoms with Crippen molar-refractivity contribution >= 4 is 29.3 Å². The Hall–Kier alpha value is -3.57. The van der Waals surface area contributed by atoms with Crippen LogP contribution in [-0.4, -0.2) is 30.2 Å². The average Bonchev–Trinajstić information content (AvgIpc) is 3.20. The van der Waals surface area contributed by atoms with E-state index < -0.39 is 18.5 Å². The lowest BCUT2D eigenvalue weighted by atomic mass is 10.2. The van der Waals surface area contributed by atoms with Gasteiger partial charge in [0.05, 0.1) is 23.1 Å². The summed E-state index contributed by atoms with van der Waals surface area (Å²) in [7, 11) is 0. The molecule has 0 aliphatic rings. The Bertz CT molecular complexity index is 1060. The number of amides is 1. The number of nitrogens with zero attached hydrogens (tertiary/aromatic N) is 3. The first-order chi connectivity index (χ1) is 14.6. The van der Waals surface area contributed by atoms with Crippen molar-refractivity contribution in [3.8, 4) is 6.07 Å². The summed E-state index contributed by atoms with van der Waals surface area (Å²) in [6.07, 6.45) is 0. The molecule has 30 heavy (non-hydrogen) atoms. The van der Waals surface area contributed by atoms with Crippen LogP contribution >= 0.6 is 11.8 Å². The van der Waals surface area contributed by atoms with Gasteiger partial charge in [0.1, 0.15) is 12.3 Å². The molecule has 0 fully saturated rings. The zero-order valence-corrected chi connectivity index (χ0v) is 17.1. The zero-order valence-electron chi connectivity index (χ0n) is 16.3. The van der Waals surface area contributed by atoms with E-state index in [-0.39, 0.29) is 6.54 Å². The third-order valence-electron chi connectivity index (χ3n) is 4.08. The third kappa shape index (κ3) is 5.49. The quantitative estimate of drug-likeness (QED) is 0.308. The summed E-state index contributed by atoms with van der Waals surface area (Å²) < 4.78 is 10.4. The van der Waals surface area contributed by atoms with E-state index >= 15 is 0 Å². The second-order valence-corrected chi connectivity index (χ2v) is 7.29. The van der Waals surface area contributed by atoms with Crippen molar-refractivity contribution in [2.45, 2.75) is 17.6 Å². The van der Waals surface area contributed by atoms with Crippen LogP contribution in [0, 0.1) is 18.3 Å². The number of anilines is 1. The van der Waals surface area contributed by atoms with Gasteiger partial charge in [-0.1, -0.05) is 35.5 Å². The molecule has 152 valence electrons. The number of carbonyl (C=O) groups is 2. The molecule has 1 amide bonds. The predicted molar refractivity (Wildman–Crippen MR) is 112 cm³/mol. The van der Waals surface area contributed by atoms with Crippen molar-refractivity contribution in [2.24, 2.45) is 0 Å². The van der Waals surface area contributed by atoms with Gasteiger partial charge in [0, 0.05) is 16.6 Å². The van der Waals surface area contributed by atoms with E-state index in [1.54, 1.807) is 42.5 Å². The second kappa shape index (κ2) is 10.3. The van der Waals surface area contributed by atoms with Crippen LogP contribution in [0.1, 0.15) is 21.8 Å². The molecule has 1 heterocycles. The van der Waals surface area contributed by atoms with Crippen LogP contribution in [-0.2, 0) is 15.3 Å². The molecule has 0 saturated heterocycles. The standard InChI is InChI=1S/C22H19N3O4S/c1-16-13-18(29-24-16)15-30-20-10-6-5-9-19(20)22(27)28-14-21(26)25(12-11-23)17-7-3-2-4-8-17/h2-10,13H,12,14-15H2,1H3. The van der Waals surface area contributed by atoms with Gasteiger partial charge in [0.2, 0.25) is 0 Å². The number of hydrogen-bond donors (Lipinski definition) is 0. The smallest absolute Gasteiger partial charge is 0.339 e. The minimum atomic E-state index is -0.606. The second-order valence-electron chi connectivity index (χ2n) is 6.27. The first-order valence-corrected chi connectivity index (χ1v) is 10.1. The molecule has 0 atom stereocenters. The molecule has 0 radical (unpaired) electrons. The Labute approximate surface area is 178 Å². The highest BCUT2D eigenvalue weighted by Gasteiger charge is 2.19. The SMILES string of the molecule is Cc1cc(CSc2ccccc2C(=O)OCC(=O)N(CC#N)c2ccccc2)on1. The first kappa shape index (κ1) is 21.1. The van der Waals surface area contributed by atoms with Crippen LogP contribution in [0.25, 0.3) is 0 Å². The fraction of sp³-hybridized carbons (Fsp3) is 0.182. The Morgan fingerprint density at radius 3 is 2.60 bits per heavy atom. The van der Waals surface area contributed by atoms with Crippen molar-refractivity contribution in [1.29, 1.82) is 5.26 Å². The van der Waals surface area contributed by atoms with Crippen molar-refractivity contribution < 1.29 is 18.8 Å². The number of carbonyl (C=O) groups excluding carboxylic acids is 2. The summed E-state index contributed by atoms with van der Waals surface area (Å²) in [4.78, 5) is 27.1. The largest absolute Gasteiger partial charge is 0.452 e. The van der Waals surface area contributed by atoms with E-state index in [4.69, 9.17) is 14.5 Å². The molecule has 0 N–H and O–H groups in total. The topological polar surface area (TPSA) is 96.4 Å². The monoisotopic (exact) mass is 421 g/mol. The number of nitriles is 1.